The Bertz CT molecular complexity index is 1000. The Morgan fingerprint density at radius 3 is 2.09 bits per heavy atom. The van der Waals surface area contributed by atoms with Crippen LogP contribution in [0.2, 0.25) is 0 Å². The van der Waals surface area contributed by atoms with Crippen LogP contribution in [0, 0.1) is 11.3 Å². The van der Waals surface area contributed by atoms with Gasteiger partial charge in [0.05, 0.1) is 0 Å². The fourth-order valence-corrected chi connectivity index (χ4v) is 4.40. The second-order valence-electron chi connectivity index (χ2n) is 10.1. The van der Waals surface area contributed by atoms with Gasteiger partial charge in [0, 0.05) is 18.9 Å². The summed E-state index contributed by atoms with van der Waals surface area (Å²) in [6.07, 6.45) is -0.101. The number of aliphatic carboxylic acids is 1. The van der Waals surface area contributed by atoms with Gasteiger partial charge in [-0.3, -0.25) is 4.79 Å². The second-order valence-corrected chi connectivity index (χ2v) is 10.1. The molecule has 0 bridgehead atoms. The van der Waals surface area contributed by atoms with E-state index in [1.807, 2.05) is 52.0 Å². The van der Waals surface area contributed by atoms with Gasteiger partial charge in [-0.1, -0.05) is 76.2 Å². The van der Waals surface area contributed by atoms with Crippen molar-refractivity contribution in [3.8, 4) is 11.1 Å². The number of hydrogen-bond donors (Lipinski definition) is 3. The zero-order chi connectivity index (χ0) is 24.9. The van der Waals surface area contributed by atoms with Crippen molar-refractivity contribution in [1.29, 1.82) is 0 Å². The predicted molar refractivity (Wildman–Crippen MR) is 130 cm³/mol. The van der Waals surface area contributed by atoms with E-state index < -0.39 is 23.5 Å². The summed E-state index contributed by atoms with van der Waals surface area (Å²) in [4.78, 5) is 36.2. The first-order chi connectivity index (χ1) is 16.1. The van der Waals surface area contributed by atoms with Crippen LogP contribution in [0.4, 0.5) is 4.79 Å². The summed E-state index contributed by atoms with van der Waals surface area (Å²) in [5.41, 5.74) is 4.04. The van der Waals surface area contributed by atoms with Crippen LogP contribution in [-0.2, 0) is 14.3 Å². The number of carboxylic acids is 1. The molecule has 0 saturated heterocycles. The number of carboxylic acid groups (broad SMARTS) is 1. The van der Waals surface area contributed by atoms with Crippen LogP contribution < -0.4 is 10.6 Å². The number of carbonyl (C=O) groups is 3. The topological polar surface area (TPSA) is 105 Å². The van der Waals surface area contributed by atoms with Gasteiger partial charge >= 0.3 is 12.1 Å². The van der Waals surface area contributed by atoms with Crippen molar-refractivity contribution < 1.29 is 24.2 Å². The van der Waals surface area contributed by atoms with Crippen LogP contribution in [0.5, 0.6) is 0 Å². The lowest BCUT2D eigenvalue weighted by Crippen LogP contribution is -2.44. The summed E-state index contributed by atoms with van der Waals surface area (Å²) < 4.78 is 5.55. The van der Waals surface area contributed by atoms with Gasteiger partial charge in [-0.2, -0.15) is 0 Å². The third-order valence-electron chi connectivity index (χ3n) is 6.03. The van der Waals surface area contributed by atoms with Crippen molar-refractivity contribution in [3.63, 3.8) is 0 Å². The average Bonchev–Trinajstić information content (AvgIpc) is 3.09. The number of benzene rings is 2. The van der Waals surface area contributed by atoms with Crippen LogP contribution in [0.25, 0.3) is 11.1 Å². The predicted octanol–water partition coefficient (Wildman–Crippen LogP) is 4.56. The summed E-state index contributed by atoms with van der Waals surface area (Å²) in [6.45, 7) is 7.94. The molecule has 0 unspecified atom stereocenters. The lowest BCUT2D eigenvalue weighted by molar-refractivity contribution is -0.142. The minimum Gasteiger partial charge on any atom is -0.480 e. The van der Waals surface area contributed by atoms with Gasteiger partial charge in [-0.05, 0) is 40.0 Å². The molecule has 2 aromatic rings. The van der Waals surface area contributed by atoms with Crippen molar-refractivity contribution in [3.05, 3.63) is 59.7 Å². The molecule has 0 heterocycles. The Morgan fingerprint density at radius 1 is 1.00 bits per heavy atom. The molecule has 0 spiro atoms. The molecule has 7 nitrogen and oxygen atoms in total. The lowest BCUT2D eigenvalue weighted by atomic mass is 9.88. The fourth-order valence-electron chi connectivity index (χ4n) is 4.40. The van der Waals surface area contributed by atoms with Crippen molar-refractivity contribution >= 4 is 18.0 Å². The van der Waals surface area contributed by atoms with E-state index in [0.717, 1.165) is 22.3 Å². The van der Waals surface area contributed by atoms with Gasteiger partial charge < -0.3 is 20.5 Å². The van der Waals surface area contributed by atoms with E-state index in [4.69, 9.17) is 4.74 Å². The van der Waals surface area contributed by atoms with Crippen molar-refractivity contribution in [2.75, 3.05) is 13.2 Å². The van der Waals surface area contributed by atoms with Crippen molar-refractivity contribution in [2.45, 2.75) is 52.5 Å². The highest BCUT2D eigenvalue weighted by Gasteiger charge is 2.30. The third kappa shape index (κ3) is 6.37. The minimum atomic E-state index is -1.04. The molecule has 0 saturated carbocycles. The Hall–Kier alpha value is -3.35. The lowest BCUT2D eigenvalue weighted by Gasteiger charge is -2.25. The molecule has 182 valence electrons. The van der Waals surface area contributed by atoms with E-state index in [2.05, 4.69) is 34.9 Å². The van der Waals surface area contributed by atoms with E-state index in [9.17, 15) is 19.5 Å². The van der Waals surface area contributed by atoms with E-state index in [-0.39, 0.29) is 37.3 Å². The maximum atomic E-state index is 12.4. The van der Waals surface area contributed by atoms with Gasteiger partial charge in [0.25, 0.3) is 0 Å². The second kappa shape index (κ2) is 10.7. The number of carbonyl (C=O) groups excluding carboxylic acids is 2. The van der Waals surface area contributed by atoms with E-state index in [1.54, 1.807) is 0 Å². The minimum absolute atomic E-state index is 0.0224. The first-order valence-electron chi connectivity index (χ1n) is 11.7. The Labute approximate surface area is 200 Å². The zero-order valence-electron chi connectivity index (χ0n) is 20.3. The average molecular weight is 467 g/mol. The van der Waals surface area contributed by atoms with Crippen LogP contribution >= 0.6 is 0 Å². The number of rotatable bonds is 10. The van der Waals surface area contributed by atoms with Gasteiger partial charge in [-0.25, -0.2) is 9.59 Å². The van der Waals surface area contributed by atoms with Gasteiger partial charge in [-0.15, -0.1) is 0 Å². The summed E-state index contributed by atoms with van der Waals surface area (Å²) in [7, 11) is 0. The SMILES string of the molecule is CC(C)C[C@H](NC(=O)CC(C)(C)CNC(=O)OCC1c2ccccc2-c2ccccc21)C(=O)O. The standard InChI is InChI=1S/C27H34N2O5/c1-17(2)13-23(25(31)32)29-24(30)14-27(3,4)16-28-26(33)34-15-22-20-11-7-5-9-18(20)19-10-6-8-12-21(19)22/h5-12,17,22-23H,13-16H2,1-4H3,(H,28,33)(H,29,30)(H,31,32)/t23-/m0/s1. The summed E-state index contributed by atoms with van der Waals surface area (Å²) in [6, 6.07) is 15.4. The van der Waals surface area contributed by atoms with Gasteiger partial charge in [0.15, 0.2) is 0 Å². The molecule has 0 radical (unpaired) electrons. The van der Waals surface area contributed by atoms with E-state index in [0.29, 0.717) is 6.42 Å². The summed E-state index contributed by atoms with van der Waals surface area (Å²) >= 11 is 0. The summed E-state index contributed by atoms with van der Waals surface area (Å²) in [5, 5.41) is 14.7. The molecular formula is C27H34N2O5. The molecule has 0 fully saturated rings. The molecule has 0 aliphatic heterocycles. The van der Waals surface area contributed by atoms with Crippen LogP contribution in [0.1, 0.15) is 57.6 Å². The normalized spacial score (nSPS) is 13.7. The van der Waals surface area contributed by atoms with E-state index in [1.165, 1.54) is 0 Å². The first kappa shape index (κ1) is 25.3. The molecule has 3 rings (SSSR count). The highest BCUT2D eigenvalue weighted by atomic mass is 16.5. The first-order valence-corrected chi connectivity index (χ1v) is 11.7. The maximum Gasteiger partial charge on any atom is 0.407 e. The quantitative estimate of drug-likeness (QED) is 0.476. The number of amides is 2. The molecule has 1 atom stereocenters. The smallest absolute Gasteiger partial charge is 0.407 e. The van der Waals surface area contributed by atoms with Crippen molar-refractivity contribution in [2.24, 2.45) is 11.3 Å². The Kier molecular flexibility index (Phi) is 7.97. The number of nitrogens with one attached hydrogen (secondary N) is 2. The highest BCUT2D eigenvalue weighted by Crippen LogP contribution is 2.44. The molecule has 0 aromatic heterocycles. The molecule has 34 heavy (non-hydrogen) atoms. The molecule has 2 aromatic carbocycles. The Balaban J connectivity index is 1.51. The molecule has 1 aliphatic rings. The fraction of sp³-hybridized carbons (Fsp3) is 0.444. The van der Waals surface area contributed by atoms with Crippen molar-refractivity contribution in [1.82, 2.24) is 10.6 Å². The molecule has 2 amide bonds. The van der Waals surface area contributed by atoms with Crippen LogP contribution in [0.3, 0.4) is 0 Å². The monoisotopic (exact) mass is 466 g/mol. The van der Waals surface area contributed by atoms with Crippen LogP contribution in [-0.4, -0.2) is 42.3 Å². The van der Waals surface area contributed by atoms with Crippen LogP contribution in [0.15, 0.2) is 48.5 Å². The maximum absolute atomic E-state index is 12.4. The van der Waals surface area contributed by atoms with Gasteiger partial charge in [0.2, 0.25) is 5.91 Å². The molecule has 3 N–H and O–H groups in total. The van der Waals surface area contributed by atoms with Gasteiger partial charge in [0.1, 0.15) is 12.6 Å². The third-order valence-corrected chi connectivity index (χ3v) is 6.03. The molecule has 7 heteroatoms. The summed E-state index contributed by atoms with van der Waals surface area (Å²) in [5.74, 6) is -1.28. The number of fused-ring (bicyclic) bond motifs is 3. The molecular weight excluding hydrogens is 432 g/mol. The zero-order valence-corrected chi connectivity index (χ0v) is 20.3. The number of alkyl carbamates (subject to hydrolysis) is 1. The Morgan fingerprint density at radius 2 is 1.56 bits per heavy atom. The number of ether oxygens (including phenoxy) is 1. The largest absolute Gasteiger partial charge is 0.480 e. The number of hydrogen-bond acceptors (Lipinski definition) is 4. The highest BCUT2D eigenvalue weighted by molar-refractivity contribution is 5.84. The van der Waals surface area contributed by atoms with E-state index >= 15 is 0 Å². The molecule has 1 aliphatic carbocycles.